The van der Waals surface area contributed by atoms with Crippen molar-refractivity contribution in [2.75, 3.05) is 5.32 Å². The highest BCUT2D eigenvalue weighted by atomic mass is 19.1. The third kappa shape index (κ3) is 3.61. The van der Waals surface area contributed by atoms with Crippen LogP contribution in [0, 0.1) is 11.6 Å². The third-order valence-electron chi connectivity index (χ3n) is 5.21. The van der Waals surface area contributed by atoms with Crippen LogP contribution < -0.4 is 16.3 Å². The summed E-state index contributed by atoms with van der Waals surface area (Å²) in [4.78, 5) is 41.5. The molecule has 0 saturated carbocycles. The Labute approximate surface area is 184 Å². The van der Waals surface area contributed by atoms with Crippen LogP contribution in [0.3, 0.4) is 0 Å². The molecule has 5 rings (SSSR count). The average molecular weight is 446 g/mol. The monoisotopic (exact) mass is 446 g/mol. The van der Waals surface area contributed by atoms with Crippen LogP contribution in [0.1, 0.15) is 18.8 Å². The van der Waals surface area contributed by atoms with Crippen molar-refractivity contribution >= 4 is 27.8 Å². The van der Waals surface area contributed by atoms with Crippen LogP contribution in [-0.4, -0.2) is 24.5 Å². The van der Waals surface area contributed by atoms with E-state index in [0.29, 0.717) is 5.65 Å². The molecule has 5 aromatic rings. The van der Waals surface area contributed by atoms with Gasteiger partial charge in [-0.1, -0.05) is 6.07 Å². The number of nitrogens with zero attached hydrogens (tertiary/aromatic N) is 4. The second kappa shape index (κ2) is 7.90. The van der Waals surface area contributed by atoms with E-state index in [1.54, 1.807) is 13.0 Å². The molecule has 164 valence electrons. The Morgan fingerprint density at radius 3 is 2.67 bits per heavy atom. The van der Waals surface area contributed by atoms with Gasteiger partial charge in [0.15, 0.2) is 5.43 Å². The van der Waals surface area contributed by atoms with Gasteiger partial charge in [0.25, 0.3) is 5.56 Å². The molecule has 10 heteroatoms. The van der Waals surface area contributed by atoms with Gasteiger partial charge in [0, 0.05) is 12.3 Å². The van der Waals surface area contributed by atoms with Crippen molar-refractivity contribution < 1.29 is 8.78 Å². The number of rotatable bonds is 4. The summed E-state index contributed by atoms with van der Waals surface area (Å²) in [7, 11) is 0. The molecule has 33 heavy (non-hydrogen) atoms. The molecule has 0 aliphatic carbocycles. The summed E-state index contributed by atoms with van der Waals surface area (Å²) in [5.74, 6) is -0.658. The van der Waals surface area contributed by atoms with Crippen molar-refractivity contribution in [1.82, 2.24) is 24.5 Å². The average Bonchev–Trinajstić information content (AvgIpc) is 2.79. The van der Waals surface area contributed by atoms with Crippen molar-refractivity contribution in [3.05, 3.63) is 99.1 Å². The van der Waals surface area contributed by atoms with Gasteiger partial charge in [-0.25, -0.2) is 23.7 Å². The van der Waals surface area contributed by atoms with Crippen molar-refractivity contribution in [3.63, 3.8) is 0 Å². The number of aromatic nitrogens is 5. The molecule has 0 aliphatic heterocycles. The Kier molecular flexibility index (Phi) is 4.89. The zero-order valence-corrected chi connectivity index (χ0v) is 17.2. The lowest BCUT2D eigenvalue weighted by molar-refractivity contribution is 0.623. The molecule has 1 unspecified atom stereocenters. The maximum atomic E-state index is 14.0. The van der Waals surface area contributed by atoms with E-state index in [4.69, 9.17) is 0 Å². The molecule has 2 N–H and O–H groups in total. The number of hydrogen-bond donors (Lipinski definition) is 2. The molecule has 0 spiro atoms. The molecular weight excluding hydrogens is 430 g/mol. The van der Waals surface area contributed by atoms with E-state index in [9.17, 15) is 18.4 Å². The highest BCUT2D eigenvalue weighted by Gasteiger charge is 2.20. The summed E-state index contributed by atoms with van der Waals surface area (Å²) in [5.41, 5.74) is 0.00938. The first-order valence-corrected chi connectivity index (χ1v) is 9.99. The lowest BCUT2D eigenvalue weighted by Crippen LogP contribution is -2.27. The zero-order valence-electron chi connectivity index (χ0n) is 17.2. The smallest absolute Gasteiger partial charge is 0.266 e. The van der Waals surface area contributed by atoms with Gasteiger partial charge in [-0.15, -0.1) is 0 Å². The molecule has 8 nitrogen and oxygen atoms in total. The van der Waals surface area contributed by atoms with Crippen molar-refractivity contribution in [2.45, 2.75) is 13.0 Å². The van der Waals surface area contributed by atoms with Gasteiger partial charge in [0.2, 0.25) is 0 Å². The third-order valence-corrected chi connectivity index (χ3v) is 5.21. The van der Waals surface area contributed by atoms with Crippen LogP contribution in [0.15, 0.2) is 70.6 Å². The molecule has 0 radical (unpaired) electrons. The topological polar surface area (TPSA) is 106 Å². The summed E-state index contributed by atoms with van der Waals surface area (Å²) in [6, 6.07) is 9.87. The maximum Gasteiger partial charge on any atom is 0.266 e. The van der Waals surface area contributed by atoms with Gasteiger partial charge in [-0.2, -0.15) is 0 Å². The van der Waals surface area contributed by atoms with Gasteiger partial charge in [-0.05, 0) is 43.3 Å². The van der Waals surface area contributed by atoms with Gasteiger partial charge >= 0.3 is 0 Å². The Hall–Kier alpha value is -4.47. The molecular formula is C23H16F2N6O2. The Morgan fingerprint density at radius 1 is 1.03 bits per heavy atom. The number of nitrogens with one attached hydrogen (secondary N) is 2. The van der Waals surface area contributed by atoms with E-state index in [0.717, 1.165) is 6.07 Å². The highest BCUT2D eigenvalue weighted by Crippen LogP contribution is 2.23. The molecule has 0 fully saturated rings. The Bertz CT molecular complexity index is 1640. The van der Waals surface area contributed by atoms with Gasteiger partial charge < -0.3 is 10.3 Å². The Balaban J connectivity index is 1.72. The maximum absolute atomic E-state index is 14.0. The minimum absolute atomic E-state index is 0.0548. The van der Waals surface area contributed by atoms with Crippen molar-refractivity contribution in [1.29, 1.82) is 0 Å². The second-order valence-electron chi connectivity index (χ2n) is 7.41. The fourth-order valence-corrected chi connectivity index (χ4v) is 3.72. The van der Waals surface area contributed by atoms with Crippen LogP contribution in [0.25, 0.3) is 27.6 Å². The van der Waals surface area contributed by atoms with Crippen LogP contribution in [0.5, 0.6) is 0 Å². The van der Waals surface area contributed by atoms with E-state index in [-0.39, 0.29) is 39.0 Å². The Morgan fingerprint density at radius 2 is 1.85 bits per heavy atom. The molecule has 3 aromatic heterocycles. The van der Waals surface area contributed by atoms with E-state index >= 15 is 0 Å². The number of fused-ring (bicyclic) bond motifs is 2. The summed E-state index contributed by atoms with van der Waals surface area (Å²) in [6.45, 7) is 1.72. The van der Waals surface area contributed by atoms with Crippen molar-refractivity contribution in [2.24, 2.45) is 0 Å². The minimum atomic E-state index is -0.659. The molecule has 3 heterocycles. The summed E-state index contributed by atoms with van der Waals surface area (Å²) < 4.78 is 29.1. The predicted octanol–water partition coefficient (Wildman–Crippen LogP) is 3.47. The molecule has 1 atom stereocenters. The van der Waals surface area contributed by atoms with Gasteiger partial charge in [0.05, 0.1) is 22.6 Å². The van der Waals surface area contributed by atoms with Gasteiger partial charge in [-0.3, -0.25) is 14.2 Å². The summed E-state index contributed by atoms with van der Waals surface area (Å²) >= 11 is 0. The van der Waals surface area contributed by atoms with E-state index in [2.05, 4.69) is 25.3 Å². The zero-order chi connectivity index (χ0) is 23.1. The van der Waals surface area contributed by atoms with Crippen molar-refractivity contribution in [3.8, 4) is 5.69 Å². The van der Waals surface area contributed by atoms with Crippen LogP contribution >= 0.6 is 0 Å². The first-order chi connectivity index (χ1) is 15.9. The first kappa shape index (κ1) is 20.4. The van der Waals surface area contributed by atoms with E-state index in [1.165, 1.54) is 53.5 Å². The number of benzene rings is 2. The molecule has 2 aromatic carbocycles. The number of hydrogen-bond acceptors (Lipinski definition) is 6. The first-order valence-electron chi connectivity index (χ1n) is 9.99. The second-order valence-corrected chi connectivity index (χ2v) is 7.41. The quantitative estimate of drug-likeness (QED) is 0.438. The molecule has 0 saturated heterocycles. The fraction of sp³-hybridized carbons (Fsp3) is 0.0870. The predicted molar refractivity (Wildman–Crippen MR) is 119 cm³/mol. The van der Waals surface area contributed by atoms with Crippen LogP contribution in [0.4, 0.5) is 14.6 Å². The lowest BCUT2D eigenvalue weighted by Gasteiger charge is -2.20. The SMILES string of the molecule is CC(Nc1ncnc2[nH]ccc(=O)c12)c1nc2ccc(F)cc2c(=O)n1-c1cccc(F)c1. The van der Waals surface area contributed by atoms with Crippen LogP contribution in [-0.2, 0) is 0 Å². The van der Waals surface area contributed by atoms with Gasteiger partial charge in [0.1, 0.15) is 40.6 Å². The number of H-pyrrole nitrogens is 1. The summed E-state index contributed by atoms with van der Waals surface area (Å²) in [6.07, 6.45) is 2.78. The standard InChI is InChI=1S/C23H16F2N6O2/c1-12(29-21-19-18(32)7-8-26-20(19)27-11-28-21)22-30-17-6-5-14(25)10-16(17)23(33)31(22)15-4-2-3-13(24)9-15/h2-12H,1H3,(H2,26,27,28,29,32). The van der Waals surface area contributed by atoms with E-state index < -0.39 is 23.2 Å². The minimum Gasteiger partial charge on any atom is -0.360 e. The fourth-order valence-electron chi connectivity index (χ4n) is 3.72. The van der Waals surface area contributed by atoms with Crippen LogP contribution in [0.2, 0.25) is 0 Å². The molecule has 0 bridgehead atoms. The number of pyridine rings is 1. The molecule has 0 amide bonds. The van der Waals surface area contributed by atoms with E-state index in [1.807, 2.05) is 0 Å². The number of aromatic amines is 1. The highest BCUT2D eigenvalue weighted by molar-refractivity contribution is 5.86. The number of anilines is 1. The largest absolute Gasteiger partial charge is 0.360 e. The molecule has 0 aliphatic rings. The normalized spacial score (nSPS) is 12.2. The lowest BCUT2D eigenvalue weighted by atomic mass is 10.2. The summed E-state index contributed by atoms with van der Waals surface area (Å²) in [5, 5.41) is 3.41. The number of halogens is 2.